The van der Waals surface area contributed by atoms with Crippen molar-refractivity contribution in [3.63, 3.8) is 0 Å². The number of carbonyl (C=O) groups is 1. The molecule has 3 nitrogen and oxygen atoms in total. The third-order valence-electron chi connectivity index (χ3n) is 4.75. The van der Waals surface area contributed by atoms with Crippen molar-refractivity contribution in [2.24, 2.45) is 0 Å². The molecule has 1 aromatic carbocycles. The molecule has 3 atom stereocenters. The zero-order valence-electron chi connectivity index (χ0n) is 12.4. The molecule has 0 aromatic heterocycles. The molecule has 0 spiro atoms. The third-order valence-corrected chi connectivity index (χ3v) is 4.75. The summed E-state index contributed by atoms with van der Waals surface area (Å²) in [6, 6.07) is 9.06. The van der Waals surface area contributed by atoms with Gasteiger partial charge < -0.3 is 10.2 Å². The summed E-state index contributed by atoms with van der Waals surface area (Å²) in [4.78, 5) is 15.1. The van der Waals surface area contributed by atoms with Crippen LogP contribution in [0.4, 0.5) is 0 Å². The Labute approximate surface area is 121 Å². The number of rotatable bonds is 1. The number of nitrogens with zero attached hydrogens (tertiary/aromatic N) is 1. The monoisotopic (exact) mass is 272 g/mol. The molecule has 0 radical (unpaired) electrons. The van der Waals surface area contributed by atoms with E-state index in [1.807, 2.05) is 0 Å². The Bertz CT molecular complexity index is 490. The molecule has 1 aliphatic carbocycles. The smallest absolute Gasteiger partial charge is 0.230 e. The van der Waals surface area contributed by atoms with Crippen LogP contribution in [-0.4, -0.2) is 36.0 Å². The average molecular weight is 272 g/mol. The molecule has 3 unspecified atom stereocenters. The minimum absolute atomic E-state index is 0.0722. The standard InChI is InChI=1S/C17H24N2O/c1-12-10-18-11-13(2)19(12)17(20)16-9-5-7-14-6-3-4-8-15(14)16/h3-4,6,8,12-13,16,18H,5,7,9-11H2,1-2H3. The summed E-state index contributed by atoms with van der Waals surface area (Å²) in [5, 5.41) is 3.40. The predicted molar refractivity (Wildman–Crippen MR) is 80.8 cm³/mol. The maximum atomic E-state index is 13.0. The van der Waals surface area contributed by atoms with Gasteiger partial charge in [0, 0.05) is 25.2 Å². The van der Waals surface area contributed by atoms with Crippen molar-refractivity contribution in [3.8, 4) is 0 Å². The largest absolute Gasteiger partial charge is 0.334 e. The van der Waals surface area contributed by atoms with Gasteiger partial charge in [-0.05, 0) is 44.2 Å². The average Bonchev–Trinajstić information content (AvgIpc) is 2.46. The van der Waals surface area contributed by atoms with Crippen LogP contribution < -0.4 is 5.32 Å². The van der Waals surface area contributed by atoms with E-state index in [-0.39, 0.29) is 5.92 Å². The normalized spacial score (nSPS) is 29.9. The summed E-state index contributed by atoms with van der Waals surface area (Å²) < 4.78 is 0. The Balaban J connectivity index is 1.88. The number of hydrogen-bond donors (Lipinski definition) is 1. The summed E-state index contributed by atoms with van der Waals surface area (Å²) in [6.07, 6.45) is 3.24. The Hall–Kier alpha value is -1.35. The highest BCUT2D eigenvalue weighted by Gasteiger charge is 2.35. The minimum atomic E-state index is 0.0722. The van der Waals surface area contributed by atoms with Gasteiger partial charge >= 0.3 is 0 Å². The van der Waals surface area contributed by atoms with Crippen molar-refractivity contribution in [2.75, 3.05) is 13.1 Å². The zero-order chi connectivity index (χ0) is 14.1. The molecule has 1 aromatic rings. The van der Waals surface area contributed by atoms with E-state index in [1.54, 1.807) is 0 Å². The minimum Gasteiger partial charge on any atom is -0.334 e. The summed E-state index contributed by atoms with van der Waals surface area (Å²) in [5.41, 5.74) is 2.63. The Morgan fingerprint density at radius 1 is 1.20 bits per heavy atom. The Morgan fingerprint density at radius 2 is 1.90 bits per heavy atom. The van der Waals surface area contributed by atoms with Crippen molar-refractivity contribution in [1.29, 1.82) is 0 Å². The summed E-state index contributed by atoms with van der Waals surface area (Å²) >= 11 is 0. The van der Waals surface area contributed by atoms with Crippen molar-refractivity contribution < 1.29 is 4.79 Å². The third kappa shape index (κ3) is 2.35. The highest BCUT2D eigenvalue weighted by atomic mass is 16.2. The molecule has 1 N–H and O–H groups in total. The Morgan fingerprint density at radius 3 is 2.65 bits per heavy atom. The molecule has 1 saturated heterocycles. The fraction of sp³-hybridized carbons (Fsp3) is 0.588. The summed E-state index contributed by atoms with van der Waals surface area (Å²) in [5.74, 6) is 0.404. The Kier molecular flexibility index (Phi) is 3.79. The van der Waals surface area contributed by atoms with Crippen LogP contribution in [0, 0.1) is 0 Å². The molecule has 0 saturated carbocycles. The molecule has 1 fully saturated rings. The lowest BCUT2D eigenvalue weighted by atomic mass is 9.81. The van der Waals surface area contributed by atoms with Gasteiger partial charge in [0.15, 0.2) is 0 Å². The van der Waals surface area contributed by atoms with Crippen LogP contribution in [0.2, 0.25) is 0 Å². The molecule has 1 heterocycles. The van der Waals surface area contributed by atoms with Crippen molar-refractivity contribution in [2.45, 2.75) is 51.1 Å². The van der Waals surface area contributed by atoms with Crippen LogP contribution in [0.5, 0.6) is 0 Å². The lowest BCUT2D eigenvalue weighted by Gasteiger charge is -2.42. The molecular formula is C17H24N2O. The van der Waals surface area contributed by atoms with Crippen LogP contribution in [0.15, 0.2) is 24.3 Å². The molecule has 3 rings (SSSR count). The number of aryl methyl sites for hydroxylation is 1. The number of piperazine rings is 1. The highest BCUT2D eigenvalue weighted by molar-refractivity contribution is 5.85. The first-order valence-corrected chi connectivity index (χ1v) is 7.79. The lowest BCUT2D eigenvalue weighted by molar-refractivity contribution is -0.138. The molecule has 1 aliphatic heterocycles. The van der Waals surface area contributed by atoms with Crippen LogP contribution in [0.3, 0.4) is 0 Å². The fourth-order valence-electron chi connectivity index (χ4n) is 3.76. The second kappa shape index (κ2) is 5.57. The first kappa shape index (κ1) is 13.6. The van der Waals surface area contributed by atoms with E-state index in [0.29, 0.717) is 18.0 Å². The van der Waals surface area contributed by atoms with Gasteiger partial charge in [-0.15, -0.1) is 0 Å². The van der Waals surface area contributed by atoms with Gasteiger partial charge in [0.1, 0.15) is 0 Å². The summed E-state index contributed by atoms with van der Waals surface area (Å²) in [6.45, 7) is 6.11. The van der Waals surface area contributed by atoms with Gasteiger partial charge in [-0.1, -0.05) is 24.3 Å². The van der Waals surface area contributed by atoms with E-state index in [0.717, 1.165) is 32.4 Å². The molecule has 2 aliphatic rings. The van der Waals surface area contributed by atoms with Gasteiger partial charge in [0.25, 0.3) is 0 Å². The topological polar surface area (TPSA) is 32.3 Å². The molecular weight excluding hydrogens is 248 g/mol. The van der Waals surface area contributed by atoms with E-state index in [4.69, 9.17) is 0 Å². The SMILES string of the molecule is CC1CNCC(C)N1C(=O)C1CCCc2ccccc21. The highest BCUT2D eigenvalue weighted by Crippen LogP contribution is 2.34. The molecule has 0 bridgehead atoms. The zero-order valence-corrected chi connectivity index (χ0v) is 12.4. The van der Waals surface area contributed by atoms with Gasteiger partial charge in [0.2, 0.25) is 5.91 Å². The van der Waals surface area contributed by atoms with E-state index in [1.165, 1.54) is 11.1 Å². The molecule has 3 heteroatoms. The number of fused-ring (bicyclic) bond motifs is 1. The van der Waals surface area contributed by atoms with E-state index in [2.05, 4.69) is 48.3 Å². The van der Waals surface area contributed by atoms with Gasteiger partial charge in [-0.3, -0.25) is 4.79 Å². The van der Waals surface area contributed by atoms with E-state index >= 15 is 0 Å². The fourth-order valence-corrected chi connectivity index (χ4v) is 3.76. The number of nitrogens with one attached hydrogen (secondary N) is 1. The van der Waals surface area contributed by atoms with Gasteiger partial charge in [-0.2, -0.15) is 0 Å². The number of amides is 1. The molecule has 20 heavy (non-hydrogen) atoms. The quantitative estimate of drug-likeness (QED) is 0.851. The van der Waals surface area contributed by atoms with Crippen LogP contribution in [-0.2, 0) is 11.2 Å². The number of hydrogen-bond acceptors (Lipinski definition) is 2. The molecule has 1 amide bonds. The lowest BCUT2D eigenvalue weighted by Crippen LogP contribution is -2.58. The molecule has 108 valence electrons. The van der Waals surface area contributed by atoms with Crippen LogP contribution in [0.1, 0.15) is 43.7 Å². The first-order valence-electron chi connectivity index (χ1n) is 7.79. The number of carbonyl (C=O) groups excluding carboxylic acids is 1. The van der Waals surface area contributed by atoms with Crippen molar-refractivity contribution >= 4 is 5.91 Å². The van der Waals surface area contributed by atoms with Gasteiger partial charge in [0.05, 0.1) is 5.92 Å². The second-order valence-corrected chi connectivity index (χ2v) is 6.25. The maximum absolute atomic E-state index is 13.0. The second-order valence-electron chi connectivity index (χ2n) is 6.25. The van der Waals surface area contributed by atoms with Crippen LogP contribution in [0.25, 0.3) is 0 Å². The van der Waals surface area contributed by atoms with E-state index in [9.17, 15) is 4.79 Å². The van der Waals surface area contributed by atoms with Crippen molar-refractivity contribution in [3.05, 3.63) is 35.4 Å². The first-order chi connectivity index (χ1) is 9.68. The van der Waals surface area contributed by atoms with Crippen LogP contribution >= 0.6 is 0 Å². The van der Waals surface area contributed by atoms with Gasteiger partial charge in [-0.25, -0.2) is 0 Å². The van der Waals surface area contributed by atoms with E-state index < -0.39 is 0 Å². The number of benzene rings is 1. The maximum Gasteiger partial charge on any atom is 0.230 e. The van der Waals surface area contributed by atoms with Crippen molar-refractivity contribution in [1.82, 2.24) is 10.2 Å². The summed E-state index contributed by atoms with van der Waals surface area (Å²) in [7, 11) is 0. The predicted octanol–water partition coefficient (Wildman–Crippen LogP) is 2.32.